The van der Waals surface area contributed by atoms with E-state index in [4.69, 9.17) is 9.90 Å². The van der Waals surface area contributed by atoms with Crippen LogP contribution in [0.3, 0.4) is 0 Å². The largest absolute Gasteiger partial charge is 0.490 e. The van der Waals surface area contributed by atoms with E-state index in [-0.39, 0.29) is 11.4 Å². The molecule has 0 atom stereocenters. The number of carbonyl (C=O) groups is 2. The Morgan fingerprint density at radius 2 is 1.50 bits per heavy atom. The highest BCUT2D eigenvalue weighted by molar-refractivity contribution is 5.88. The van der Waals surface area contributed by atoms with Crippen molar-refractivity contribution in [1.29, 1.82) is 0 Å². The zero-order chi connectivity index (χ0) is 18.2. The summed E-state index contributed by atoms with van der Waals surface area (Å²) in [6, 6.07) is 0. The Balaban J connectivity index is 0.000000256. The molecule has 1 saturated carbocycles. The molecule has 2 saturated heterocycles. The van der Waals surface area contributed by atoms with Gasteiger partial charge in [-0.2, -0.15) is 13.2 Å². The van der Waals surface area contributed by atoms with Crippen molar-refractivity contribution in [3.8, 4) is 0 Å². The maximum absolute atomic E-state index is 14.0. The number of hydrogen-bond acceptors (Lipinski definition) is 3. The molecule has 0 bridgehead atoms. The Morgan fingerprint density at radius 3 is 1.92 bits per heavy atom. The summed E-state index contributed by atoms with van der Waals surface area (Å²) in [5.41, 5.74) is -1.49. The lowest BCUT2D eigenvalue weighted by atomic mass is 9.85. The molecule has 3 rings (SSSR count). The van der Waals surface area contributed by atoms with E-state index in [2.05, 4.69) is 11.9 Å². The zero-order valence-electron chi connectivity index (χ0n) is 13.5. The molecule has 0 aromatic carbocycles. The molecular weight excluding hydrogens is 332 g/mol. The smallest absolute Gasteiger partial charge is 0.475 e. The van der Waals surface area contributed by atoms with Crippen molar-refractivity contribution >= 4 is 11.9 Å². The Bertz CT molecular complexity index is 497. The Hall–Kier alpha value is -1.38. The van der Waals surface area contributed by atoms with Gasteiger partial charge in [-0.3, -0.25) is 4.79 Å². The van der Waals surface area contributed by atoms with E-state index in [9.17, 15) is 22.4 Å². The first kappa shape index (κ1) is 19.0. The quantitative estimate of drug-likeness (QED) is 0.734. The highest BCUT2D eigenvalue weighted by Gasteiger charge is 2.57. The number of likely N-dealkylation sites (tertiary alicyclic amines) is 2. The van der Waals surface area contributed by atoms with Crippen LogP contribution in [0.2, 0.25) is 0 Å². The summed E-state index contributed by atoms with van der Waals surface area (Å²) >= 11 is 0. The number of halogens is 4. The third-order valence-corrected chi connectivity index (χ3v) is 5.07. The zero-order valence-corrected chi connectivity index (χ0v) is 13.5. The second-order valence-electron chi connectivity index (χ2n) is 6.86. The SMILES string of the molecule is CN1CCC2(CCCN2C(=O)C2(F)CC2)CC1.O=C(O)C(F)(F)F. The van der Waals surface area contributed by atoms with Crippen LogP contribution >= 0.6 is 0 Å². The molecule has 2 aliphatic heterocycles. The lowest BCUT2D eigenvalue weighted by Crippen LogP contribution is -2.55. The maximum Gasteiger partial charge on any atom is 0.490 e. The van der Waals surface area contributed by atoms with E-state index in [1.807, 2.05) is 4.90 Å². The van der Waals surface area contributed by atoms with Crippen molar-refractivity contribution in [1.82, 2.24) is 9.80 Å². The number of nitrogens with zero attached hydrogens (tertiary/aromatic N) is 2. The van der Waals surface area contributed by atoms with Gasteiger partial charge in [0, 0.05) is 25.2 Å². The first-order valence-corrected chi connectivity index (χ1v) is 8.00. The van der Waals surface area contributed by atoms with Crippen LogP contribution in [0.25, 0.3) is 0 Å². The predicted octanol–water partition coefficient (Wildman–Crippen LogP) is 2.21. The fourth-order valence-corrected chi connectivity index (χ4v) is 3.38. The highest BCUT2D eigenvalue weighted by Crippen LogP contribution is 2.46. The van der Waals surface area contributed by atoms with E-state index >= 15 is 0 Å². The van der Waals surface area contributed by atoms with Gasteiger partial charge in [-0.1, -0.05) is 0 Å². The van der Waals surface area contributed by atoms with Gasteiger partial charge in [0.05, 0.1) is 0 Å². The van der Waals surface area contributed by atoms with Crippen LogP contribution in [0.4, 0.5) is 17.6 Å². The minimum Gasteiger partial charge on any atom is -0.475 e. The summed E-state index contributed by atoms with van der Waals surface area (Å²) in [5.74, 6) is -2.97. The fourth-order valence-electron chi connectivity index (χ4n) is 3.38. The molecule has 0 aromatic rings. The predicted molar refractivity (Wildman–Crippen MR) is 77.2 cm³/mol. The monoisotopic (exact) mass is 354 g/mol. The van der Waals surface area contributed by atoms with Crippen molar-refractivity contribution in [2.45, 2.75) is 55.9 Å². The summed E-state index contributed by atoms with van der Waals surface area (Å²) < 4.78 is 45.7. The van der Waals surface area contributed by atoms with Crippen molar-refractivity contribution < 1.29 is 32.3 Å². The molecule has 0 aromatic heterocycles. The van der Waals surface area contributed by atoms with Gasteiger partial charge in [-0.15, -0.1) is 0 Å². The molecule has 0 unspecified atom stereocenters. The third-order valence-electron chi connectivity index (χ3n) is 5.07. The average molecular weight is 354 g/mol. The summed E-state index contributed by atoms with van der Waals surface area (Å²) in [4.78, 5) is 25.3. The van der Waals surface area contributed by atoms with E-state index in [0.29, 0.717) is 12.8 Å². The normalized spacial score (nSPS) is 25.1. The van der Waals surface area contributed by atoms with Gasteiger partial charge in [0.25, 0.3) is 5.91 Å². The molecule has 1 amide bonds. The van der Waals surface area contributed by atoms with Gasteiger partial charge in [-0.25, -0.2) is 9.18 Å². The Kier molecular flexibility index (Phi) is 5.13. The van der Waals surface area contributed by atoms with Gasteiger partial charge in [0.15, 0.2) is 5.67 Å². The topological polar surface area (TPSA) is 60.9 Å². The summed E-state index contributed by atoms with van der Waals surface area (Å²) in [6.07, 6.45) is -0.0402. The molecule has 24 heavy (non-hydrogen) atoms. The average Bonchev–Trinajstić information content (AvgIpc) is 3.12. The number of hydrogen-bond donors (Lipinski definition) is 1. The number of alkyl halides is 4. The number of piperidine rings is 1. The van der Waals surface area contributed by atoms with Crippen LogP contribution < -0.4 is 0 Å². The second kappa shape index (κ2) is 6.50. The van der Waals surface area contributed by atoms with Crippen LogP contribution in [0, 0.1) is 0 Å². The molecule has 5 nitrogen and oxygen atoms in total. The molecule has 1 aliphatic carbocycles. The molecule has 0 radical (unpaired) electrons. The molecule has 3 aliphatic rings. The molecular formula is C15H22F4N2O3. The molecule has 1 N–H and O–H groups in total. The van der Waals surface area contributed by atoms with E-state index in [1.54, 1.807) is 0 Å². The third kappa shape index (κ3) is 3.99. The van der Waals surface area contributed by atoms with Crippen molar-refractivity contribution in [2.24, 2.45) is 0 Å². The summed E-state index contributed by atoms with van der Waals surface area (Å²) in [5, 5.41) is 7.12. The minimum absolute atomic E-state index is 0.00866. The minimum atomic E-state index is -5.08. The Labute approximate surface area is 137 Å². The Morgan fingerprint density at radius 1 is 1.00 bits per heavy atom. The number of amides is 1. The maximum atomic E-state index is 14.0. The van der Waals surface area contributed by atoms with Crippen molar-refractivity contribution in [3.05, 3.63) is 0 Å². The fraction of sp³-hybridized carbons (Fsp3) is 0.867. The van der Waals surface area contributed by atoms with Crippen LogP contribution in [-0.2, 0) is 9.59 Å². The van der Waals surface area contributed by atoms with Crippen molar-refractivity contribution in [2.75, 3.05) is 26.7 Å². The lowest BCUT2D eigenvalue weighted by molar-refractivity contribution is -0.192. The summed E-state index contributed by atoms with van der Waals surface area (Å²) in [6.45, 7) is 2.83. The van der Waals surface area contributed by atoms with Crippen molar-refractivity contribution in [3.63, 3.8) is 0 Å². The molecule has 9 heteroatoms. The van der Waals surface area contributed by atoms with Crippen LogP contribution in [-0.4, -0.2) is 70.8 Å². The number of aliphatic carboxylic acids is 1. The standard InChI is InChI=1S/C13H21FN2O.C2HF3O2/c1-15-9-6-12(7-10-15)3-2-8-16(12)11(17)13(14)4-5-13;3-2(4,5)1(6)7/h2-10H2,1H3;(H,6,7). The lowest BCUT2D eigenvalue weighted by Gasteiger charge is -2.44. The molecule has 2 heterocycles. The summed E-state index contributed by atoms with van der Waals surface area (Å²) in [7, 11) is 2.12. The van der Waals surface area contributed by atoms with Crippen LogP contribution in [0.1, 0.15) is 38.5 Å². The van der Waals surface area contributed by atoms with Gasteiger partial charge in [0.1, 0.15) is 0 Å². The van der Waals surface area contributed by atoms with Gasteiger partial charge in [-0.05, 0) is 45.6 Å². The van der Waals surface area contributed by atoms with E-state index in [1.165, 1.54) is 0 Å². The van der Waals surface area contributed by atoms with Crippen LogP contribution in [0.5, 0.6) is 0 Å². The molecule has 3 fully saturated rings. The van der Waals surface area contributed by atoms with E-state index < -0.39 is 17.8 Å². The first-order chi connectivity index (χ1) is 11.0. The van der Waals surface area contributed by atoms with E-state index in [0.717, 1.165) is 45.3 Å². The molecule has 1 spiro atoms. The second-order valence-corrected chi connectivity index (χ2v) is 6.86. The number of rotatable bonds is 1. The van der Waals surface area contributed by atoms with Crippen LogP contribution in [0.15, 0.2) is 0 Å². The number of carboxylic acids is 1. The molecule has 138 valence electrons. The number of carboxylic acid groups (broad SMARTS) is 1. The van der Waals surface area contributed by atoms with Gasteiger partial charge in [0.2, 0.25) is 0 Å². The highest BCUT2D eigenvalue weighted by atomic mass is 19.4. The first-order valence-electron chi connectivity index (χ1n) is 8.00. The van der Waals surface area contributed by atoms with Gasteiger partial charge < -0.3 is 14.9 Å². The van der Waals surface area contributed by atoms with Gasteiger partial charge >= 0.3 is 12.1 Å². The number of carbonyl (C=O) groups excluding carboxylic acids is 1.